The summed E-state index contributed by atoms with van der Waals surface area (Å²) in [6, 6.07) is 0.00447. The lowest BCUT2D eigenvalue weighted by molar-refractivity contribution is -0.475. The molecule has 0 radical (unpaired) electrons. The van der Waals surface area contributed by atoms with Gasteiger partial charge in [-0.1, -0.05) is 11.6 Å². The zero-order valence-corrected chi connectivity index (χ0v) is 15.4. The van der Waals surface area contributed by atoms with Crippen molar-refractivity contribution in [1.29, 1.82) is 0 Å². The summed E-state index contributed by atoms with van der Waals surface area (Å²) in [6.07, 6.45) is 0. The number of nitrogens with one attached hydrogen (secondary N) is 1. The molecule has 1 aromatic rings. The largest absolute Gasteiger partial charge is 0.384 e. The number of hydrogen-bond donors (Lipinski definition) is 1. The number of non-ortho nitro benzene ring substituents is 1. The number of alkyl halides is 11. The predicted molar refractivity (Wildman–Crippen MR) is 82.0 cm³/mol. The van der Waals surface area contributed by atoms with Gasteiger partial charge in [-0.2, -0.15) is 43.9 Å². The lowest BCUT2D eigenvalue weighted by Crippen LogP contribution is -2.86. The van der Waals surface area contributed by atoms with E-state index in [1.807, 2.05) is 0 Å². The van der Waals surface area contributed by atoms with Crippen LogP contribution >= 0.6 is 11.6 Å². The van der Waals surface area contributed by atoms with E-state index in [1.165, 1.54) is 0 Å². The normalized spacial score (nSPS) is 23.4. The molecule has 0 aliphatic heterocycles. The first-order valence-electron chi connectivity index (χ1n) is 7.55. The molecule has 1 N–H and O–H groups in total. The fraction of sp³-hybridized carbons (Fsp3) is 0.462. The summed E-state index contributed by atoms with van der Waals surface area (Å²) in [5.41, 5.74) is -12.0. The van der Waals surface area contributed by atoms with Crippen molar-refractivity contribution in [3.05, 3.63) is 37.4 Å². The van der Waals surface area contributed by atoms with Crippen LogP contribution in [0.15, 0.2) is 12.1 Å². The Kier molecular flexibility index (Phi) is 5.57. The smallest absolute Gasteiger partial charge is 0.316 e. The van der Waals surface area contributed by atoms with Gasteiger partial charge in [0, 0.05) is 6.07 Å². The number of carbonyl (C=O) groups is 1. The van der Waals surface area contributed by atoms with Crippen LogP contribution in [-0.2, 0) is 4.79 Å². The second kappa shape index (κ2) is 7.00. The average Bonchev–Trinajstić information content (AvgIpc) is 2.66. The lowest BCUT2D eigenvalue weighted by atomic mass is 9.71. The number of nitro groups is 2. The van der Waals surface area contributed by atoms with Gasteiger partial charge in [0.15, 0.2) is 0 Å². The molecule has 0 spiro atoms. The minimum atomic E-state index is -7.59. The highest BCUT2D eigenvalue weighted by atomic mass is 35.5. The van der Waals surface area contributed by atoms with E-state index in [0.29, 0.717) is 5.32 Å². The van der Waals surface area contributed by atoms with Gasteiger partial charge in [-0.05, 0) is 0 Å². The number of nitro benzene ring substituents is 2. The van der Waals surface area contributed by atoms with Crippen molar-refractivity contribution in [2.75, 3.05) is 5.32 Å². The molecule has 1 saturated carbocycles. The Labute approximate surface area is 176 Å². The summed E-state index contributed by atoms with van der Waals surface area (Å²) in [7, 11) is 0. The van der Waals surface area contributed by atoms with Crippen LogP contribution in [0.1, 0.15) is 0 Å². The predicted octanol–water partition coefficient (Wildman–Crippen LogP) is 4.99. The van der Waals surface area contributed by atoms with Crippen molar-refractivity contribution in [2.45, 2.75) is 35.3 Å². The molecule has 0 unspecified atom stereocenters. The fourth-order valence-corrected chi connectivity index (χ4v) is 2.91. The summed E-state index contributed by atoms with van der Waals surface area (Å²) in [5.74, 6) is -41.7. The van der Waals surface area contributed by atoms with Crippen LogP contribution in [0, 0.1) is 20.2 Å². The zero-order valence-electron chi connectivity index (χ0n) is 14.6. The molecule has 0 aromatic heterocycles. The van der Waals surface area contributed by atoms with Gasteiger partial charge in [0.1, 0.15) is 5.69 Å². The molecule has 1 aromatic carbocycles. The Hall–Kier alpha value is -2.99. The molecular formula is C13H3ClF11N3O5. The molecule has 0 atom stereocenters. The van der Waals surface area contributed by atoms with Crippen molar-refractivity contribution in [1.82, 2.24) is 0 Å². The Morgan fingerprint density at radius 1 is 0.758 bits per heavy atom. The van der Waals surface area contributed by atoms with Gasteiger partial charge in [0.2, 0.25) is 0 Å². The second-order valence-corrected chi connectivity index (χ2v) is 6.73. The van der Waals surface area contributed by atoms with Crippen LogP contribution in [0.4, 0.5) is 65.4 Å². The standard InChI is InChI=1S/C13H3ClF11N3O5/c14-4-1-3(27(30)31)2-5(28(32)33)6(4)26-7(29)8(15)9(16,17)11(20,21)13(24,25)12(22,23)10(8,18)19/h1-2H,(H,26,29). The number of benzene rings is 1. The Morgan fingerprint density at radius 3 is 1.52 bits per heavy atom. The molecule has 8 nitrogen and oxygen atoms in total. The molecule has 0 bridgehead atoms. The molecule has 0 heterocycles. The maximum absolute atomic E-state index is 14.7. The Balaban J connectivity index is 2.78. The van der Waals surface area contributed by atoms with Crippen molar-refractivity contribution in [3.8, 4) is 0 Å². The van der Waals surface area contributed by atoms with E-state index in [1.54, 1.807) is 0 Å². The molecule has 1 aliphatic rings. The van der Waals surface area contributed by atoms with Crippen molar-refractivity contribution in [2.24, 2.45) is 0 Å². The number of rotatable bonds is 4. The van der Waals surface area contributed by atoms with E-state index in [-0.39, 0.29) is 12.1 Å². The van der Waals surface area contributed by atoms with Gasteiger partial charge in [-0.3, -0.25) is 25.0 Å². The van der Waals surface area contributed by atoms with Gasteiger partial charge >= 0.3 is 41.0 Å². The van der Waals surface area contributed by atoms with E-state index in [4.69, 9.17) is 11.6 Å². The maximum Gasteiger partial charge on any atom is 0.384 e. The molecule has 33 heavy (non-hydrogen) atoms. The fourth-order valence-electron chi connectivity index (χ4n) is 2.66. The van der Waals surface area contributed by atoms with Crippen molar-refractivity contribution in [3.63, 3.8) is 0 Å². The number of nitrogens with zero attached hydrogens (tertiary/aromatic N) is 2. The number of amides is 1. The van der Waals surface area contributed by atoms with Crippen LogP contribution in [-0.4, -0.2) is 51.0 Å². The summed E-state index contributed by atoms with van der Waals surface area (Å²) in [5, 5.41) is 20.7. The van der Waals surface area contributed by atoms with Crippen LogP contribution in [0.2, 0.25) is 5.02 Å². The zero-order chi connectivity index (χ0) is 26.2. The van der Waals surface area contributed by atoms with Gasteiger partial charge in [-0.25, -0.2) is 4.39 Å². The molecule has 184 valence electrons. The number of carbonyl (C=O) groups excluding carboxylic acids is 1. The first-order chi connectivity index (χ1) is 14.5. The number of halogens is 12. The van der Waals surface area contributed by atoms with Crippen LogP contribution in [0.5, 0.6) is 0 Å². The van der Waals surface area contributed by atoms with E-state index in [0.717, 1.165) is 0 Å². The SMILES string of the molecule is O=C(Nc1c(Cl)cc([N+](=O)[O-])cc1[N+](=O)[O-])C1(F)C(F)(F)C(F)(F)C(F)(F)C(F)(F)C1(F)F. The summed E-state index contributed by atoms with van der Waals surface area (Å²) < 4.78 is 151. The summed E-state index contributed by atoms with van der Waals surface area (Å²) in [4.78, 5) is 30.5. The van der Waals surface area contributed by atoms with Gasteiger partial charge in [-0.15, -0.1) is 0 Å². The topological polar surface area (TPSA) is 115 Å². The summed E-state index contributed by atoms with van der Waals surface area (Å²) >= 11 is 5.31. The van der Waals surface area contributed by atoms with Crippen LogP contribution in [0.3, 0.4) is 0 Å². The number of hydrogen-bond acceptors (Lipinski definition) is 5. The average molecular weight is 526 g/mol. The minimum Gasteiger partial charge on any atom is -0.316 e. The Bertz CT molecular complexity index is 1030. The lowest BCUT2D eigenvalue weighted by Gasteiger charge is -2.51. The molecule has 1 amide bonds. The molecular weight excluding hydrogens is 523 g/mol. The summed E-state index contributed by atoms with van der Waals surface area (Å²) in [6.45, 7) is 0. The monoisotopic (exact) mass is 525 g/mol. The van der Waals surface area contributed by atoms with Crippen LogP contribution in [0.25, 0.3) is 0 Å². The third-order valence-electron chi connectivity index (χ3n) is 4.46. The molecule has 1 aliphatic carbocycles. The first kappa shape index (κ1) is 26.3. The third kappa shape index (κ3) is 2.93. The van der Waals surface area contributed by atoms with E-state index >= 15 is 0 Å². The first-order valence-corrected chi connectivity index (χ1v) is 7.93. The highest BCUT2D eigenvalue weighted by Gasteiger charge is 3.02. The minimum absolute atomic E-state index is 0.0963. The maximum atomic E-state index is 14.7. The number of anilines is 1. The molecule has 1 fully saturated rings. The van der Waals surface area contributed by atoms with E-state index < -0.39 is 73.1 Å². The van der Waals surface area contributed by atoms with Crippen molar-refractivity contribution < 1.29 is 62.9 Å². The molecule has 20 heteroatoms. The quantitative estimate of drug-likeness (QED) is 0.338. The molecule has 2 rings (SSSR count). The van der Waals surface area contributed by atoms with Gasteiger partial charge in [0.05, 0.1) is 20.9 Å². The van der Waals surface area contributed by atoms with E-state index in [2.05, 4.69) is 0 Å². The third-order valence-corrected chi connectivity index (χ3v) is 4.75. The molecule has 0 saturated heterocycles. The van der Waals surface area contributed by atoms with Gasteiger partial charge in [0.25, 0.3) is 11.6 Å². The highest BCUT2D eigenvalue weighted by molar-refractivity contribution is 6.34. The van der Waals surface area contributed by atoms with Gasteiger partial charge < -0.3 is 5.32 Å². The van der Waals surface area contributed by atoms with Crippen molar-refractivity contribution >= 4 is 34.6 Å². The second-order valence-electron chi connectivity index (χ2n) is 6.32. The Morgan fingerprint density at radius 2 is 1.15 bits per heavy atom. The van der Waals surface area contributed by atoms with Crippen LogP contribution < -0.4 is 5.32 Å². The highest BCUT2D eigenvalue weighted by Crippen LogP contribution is 2.69. The van der Waals surface area contributed by atoms with E-state index in [9.17, 15) is 73.3 Å².